The minimum Gasteiger partial charge on any atom is -0.326 e. The lowest BCUT2D eigenvalue weighted by atomic mass is 10.0. The Labute approximate surface area is 104 Å². The van der Waals surface area contributed by atoms with Crippen molar-refractivity contribution >= 4 is 22.2 Å². The normalized spacial score (nSPS) is 10.9. The van der Waals surface area contributed by atoms with E-state index in [2.05, 4.69) is 40.7 Å². The number of rotatable bonds is 2. The second-order valence-electron chi connectivity index (χ2n) is 3.84. The highest BCUT2D eigenvalue weighted by molar-refractivity contribution is 7.10. The van der Waals surface area contributed by atoms with Crippen molar-refractivity contribution in [1.29, 1.82) is 0 Å². The molecule has 3 heteroatoms. The number of benzene rings is 1. The molecule has 1 aromatic carbocycles. The number of pyridine rings is 1. The molecule has 3 rings (SSSR count). The summed E-state index contributed by atoms with van der Waals surface area (Å²) in [6.45, 7) is 0.580. The quantitative estimate of drug-likeness (QED) is 0.745. The Hall–Kier alpha value is -1.71. The van der Waals surface area contributed by atoms with E-state index in [0.717, 1.165) is 5.52 Å². The number of fused-ring (bicyclic) bond motifs is 1. The predicted octanol–water partition coefficient (Wildman–Crippen LogP) is 3.42. The molecule has 0 unspecified atom stereocenters. The van der Waals surface area contributed by atoms with Crippen LogP contribution in [0.15, 0.2) is 48.0 Å². The standard InChI is InChI=1S/C14H12N2S/c15-9-13-11(6-8-17-13)12-5-1-3-10-4-2-7-16-14(10)12/h1-8H,9,15H2. The number of nitrogens with two attached hydrogens (primary N) is 1. The van der Waals surface area contributed by atoms with Crippen molar-refractivity contribution in [3.8, 4) is 11.1 Å². The van der Waals surface area contributed by atoms with E-state index in [0.29, 0.717) is 6.54 Å². The fourth-order valence-electron chi connectivity index (χ4n) is 2.06. The van der Waals surface area contributed by atoms with Crippen LogP contribution in [0.1, 0.15) is 4.88 Å². The predicted molar refractivity (Wildman–Crippen MR) is 72.9 cm³/mol. The Bertz CT molecular complexity index is 653. The zero-order chi connectivity index (χ0) is 11.7. The molecule has 0 atom stereocenters. The Morgan fingerprint density at radius 2 is 1.94 bits per heavy atom. The van der Waals surface area contributed by atoms with Gasteiger partial charge in [0.25, 0.3) is 0 Å². The van der Waals surface area contributed by atoms with Gasteiger partial charge >= 0.3 is 0 Å². The van der Waals surface area contributed by atoms with Crippen LogP contribution in [0.4, 0.5) is 0 Å². The third-order valence-electron chi connectivity index (χ3n) is 2.85. The van der Waals surface area contributed by atoms with Crippen molar-refractivity contribution < 1.29 is 0 Å². The topological polar surface area (TPSA) is 38.9 Å². The molecule has 17 heavy (non-hydrogen) atoms. The zero-order valence-electron chi connectivity index (χ0n) is 9.26. The van der Waals surface area contributed by atoms with Crippen LogP contribution in [-0.2, 0) is 6.54 Å². The molecule has 0 saturated carbocycles. The summed E-state index contributed by atoms with van der Waals surface area (Å²) < 4.78 is 0. The Morgan fingerprint density at radius 3 is 2.82 bits per heavy atom. The average molecular weight is 240 g/mol. The van der Waals surface area contributed by atoms with Crippen LogP contribution in [0, 0.1) is 0 Å². The summed E-state index contributed by atoms with van der Waals surface area (Å²) in [6, 6.07) is 12.4. The highest BCUT2D eigenvalue weighted by atomic mass is 32.1. The van der Waals surface area contributed by atoms with Gasteiger partial charge < -0.3 is 5.73 Å². The van der Waals surface area contributed by atoms with Crippen molar-refractivity contribution in [1.82, 2.24) is 4.98 Å². The summed E-state index contributed by atoms with van der Waals surface area (Å²) in [6.07, 6.45) is 1.83. The van der Waals surface area contributed by atoms with Crippen molar-refractivity contribution in [2.45, 2.75) is 6.54 Å². The first-order chi connectivity index (χ1) is 8.40. The molecule has 0 saturated heterocycles. The van der Waals surface area contributed by atoms with Crippen LogP contribution in [-0.4, -0.2) is 4.98 Å². The van der Waals surface area contributed by atoms with Gasteiger partial charge in [-0.25, -0.2) is 0 Å². The lowest BCUT2D eigenvalue weighted by molar-refractivity contribution is 1.11. The maximum absolute atomic E-state index is 5.77. The van der Waals surface area contributed by atoms with Crippen LogP contribution in [0.2, 0.25) is 0 Å². The Morgan fingerprint density at radius 1 is 1.06 bits per heavy atom. The molecule has 0 fully saturated rings. The maximum atomic E-state index is 5.77. The summed E-state index contributed by atoms with van der Waals surface area (Å²) in [4.78, 5) is 5.69. The minimum absolute atomic E-state index is 0.580. The zero-order valence-corrected chi connectivity index (χ0v) is 10.1. The first-order valence-corrected chi connectivity index (χ1v) is 6.38. The number of hydrogen-bond donors (Lipinski definition) is 1. The number of aromatic nitrogens is 1. The van der Waals surface area contributed by atoms with Gasteiger partial charge in [0.15, 0.2) is 0 Å². The second-order valence-corrected chi connectivity index (χ2v) is 4.84. The molecule has 0 spiro atoms. The van der Waals surface area contributed by atoms with Gasteiger partial charge in [-0.1, -0.05) is 24.3 Å². The van der Waals surface area contributed by atoms with E-state index >= 15 is 0 Å². The van der Waals surface area contributed by atoms with E-state index in [4.69, 9.17) is 5.73 Å². The molecule has 2 nitrogen and oxygen atoms in total. The van der Waals surface area contributed by atoms with Gasteiger partial charge in [-0.15, -0.1) is 11.3 Å². The van der Waals surface area contributed by atoms with E-state index in [1.807, 2.05) is 12.3 Å². The first-order valence-electron chi connectivity index (χ1n) is 5.50. The Balaban J connectivity index is 2.31. The summed E-state index contributed by atoms with van der Waals surface area (Å²) >= 11 is 1.70. The first kappa shape index (κ1) is 10.4. The van der Waals surface area contributed by atoms with E-state index in [1.54, 1.807) is 11.3 Å². The molecule has 0 aliphatic heterocycles. The van der Waals surface area contributed by atoms with E-state index in [9.17, 15) is 0 Å². The van der Waals surface area contributed by atoms with Crippen molar-refractivity contribution in [2.24, 2.45) is 5.73 Å². The highest BCUT2D eigenvalue weighted by Gasteiger charge is 2.09. The number of thiophene rings is 1. The van der Waals surface area contributed by atoms with Gasteiger partial charge in [0.05, 0.1) is 5.52 Å². The molecule has 0 aliphatic rings. The van der Waals surface area contributed by atoms with Gasteiger partial charge in [0.2, 0.25) is 0 Å². The molecule has 2 aromatic heterocycles. The molecule has 0 radical (unpaired) electrons. The van der Waals surface area contributed by atoms with Crippen molar-refractivity contribution in [2.75, 3.05) is 0 Å². The molecular weight excluding hydrogens is 228 g/mol. The number of hydrogen-bond acceptors (Lipinski definition) is 3. The molecule has 0 amide bonds. The summed E-state index contributed by atoms with van der Waals surface area (Å²) in [5, 5.41) is 3.25. The molecule has 3 aromatic rings. The van der Waals surface area contributed by atoms with E-state index in [1.165, 1.54) is 21.4 Å². The molecule has 0 bridgehead atoms. The van der Waals surface area contributed by atoms with Gasteiger partial charge in [0.1, 0.15) is 0 Å². The van der Waals surface area contributed by atoms with Gasteiger partial charge in [-0.3, -0.25) is 4.98 Å². The van der Waals surface area contributed by atoms with Gasteiger partial charge in [0, 0.05) is 28.6 Å². The molecule has 2 N–H and O–H groups in total. The van der Waals surface area contributed by atoms with E-state index < -0.39 is 0 Å². The second kappa shape index (κ2) is 4.28. The van der Waals surface area contributed by atoms with Gasteiger partial charge in [-0.2, -0.15) is 0 Å². The summed E-state index contributed by atoms with van der Waals surface area (Å²) in [7, 11) is 0. The van der Waals surface area contributed by atoms with Crippen molar-refractivity contribution in [3.05, 3.63) is 52.9 Å². The fourth-order valence-corrected chi connectivity index (χ4v) is 2.83. The van der Waals surface area contributed by atoms with Crippen LogP contribution >= 0.6 is 11.3 Å². The lowest BCUT2D eigenvalue weighted by Gasteiger charge is -2.05. The minimum atomic E-state index is 0.580. The van der Waals surface area contributed by atoms with Crippen LogP contribution in [0.3, 0.4) is 0 Å². The number of para-hydroxylation sites is 1. The largest absolute Gasteiger partial charge is 0.326 e. The smallest absolute Gasteiger partial charge is 0.0780 e. The fraction of sp³-hybridized carbons (Fsp3) is 0.0714. The highest BCUT2D eigenvalue weighted by Crippen LogP contribution is 2.32. The monoisotopic (exact) mass is 240 g/mol. The Kier molecular flexibility index (Phi) is 2.63. The SMILES string of the molecule is NCc1sccc1-c1cccc2cccnc12. The van der Waals surface area contributed by atoms with Crippen molar-refractivity contribution in [3.63, 3.8) is 0 Å². The lowest BCUT2D eigenvalue weighted by Crippen LogP contribution is -1.95. The van der Waals surface area contributed by atoms with Gasteiger partial charge in [-0.05, 0) is 23.1 Å². The van der Waals surface area contributed by atoms with E-state index in [-0.39, 0.29) is 0 Å². The summed E-state index contributed by atoms with van der Waals surface area (Å²) in [5.74, 6) is 0. The molecule has 2 heterocycles. The van der Waals surface area contributed by atoms with Crippen LogP contribution < -0.4 is 5.73 Å². The van der Waals surface area contributed by atoms with Crippen LogP contribution in [0.25, 0.3) is 22.0 Å². The molecule has 84 valence electrons. The number of nitrogens with zero attached hydrogens (tertiary/aromatic N) is 1. The summed E-state index contributed by atoms with van der Waals surface area (Å²) in [5.41, 5.74) is 9.19. The third-order valence-corrected chi connectivity index (χ3v) is 3.80. The third kappa shape index (κ3) is 1.73. The molecular formula is C14H12N2S. The van der Waals surface area contributed by atoms with Crippen LogP contribution in [0.5, 0.6) is 0 Å². The average Bonchev–Trinajstić information content (AvgIpc) is 2.86. The maximum Gasteiger partial charge on any atom is 0.0780 e. The molecule has 0 aliphatic carbocycles.